The number of benzene rings is 1. The molecule has 22 heavy (non-hydrogen) atoms. The molecule has 0 heterocycles. The average molecular weight is 426 g/mol. The highest BCUT2D eigenvalue weighted by molar-refractivity contribution is 9.10. The number of sulfonamides is 1. The lowest BCUT2D eigenvalue weighted by Gasteiger charge is -2.12. The molecule has 0 saturated heterocycles. The largest absolute Gasteiger partial charge is 0.416 e. The number of nitrogens with one attached hydrogen (secondary N) is 2. The van der Waals surface area contributed by atoms with Gasteiger partial charge < -0.3 is 5.32 Å². The molecule has 1 aromatic carbocycles. The fraction of sp³-hybridized carbons (Fsp3) is 0.500. The molecule has 0 unspecified atom stereocenters. The summed E-state index contributed by atoms with van der Waals surface area (Å²) in [7, 11) is -4.00. The molecule has 0 saturated carbocycles. The molecule has 4 nitrogen and oxygen atoms in total. The molecule has 0 aliphatic carbocycles. The predicted molar refractivity (Wildman–Crippen MR) is 84.7 cm³/mol. The summed E-state index contributed by atoms with van der Waals surface area (Å²) in [5.74, 6) is 0. The molecule has 0 aromatic heterocycles. The van der Waals surface area contributed by atoms with Crippen molar-refractivity contribution < 1.29 is 21.6 Å². The van der Waals surface area contributed by atoms with E-state index < -0.39 is 26.7 Å². The number of hydrogen-bond acceptors (Lipinski definition) is 3. The minimum absolute atomic E-state index is 0. The molecule has 0 spiro atoms. The topological polar surface area (TPSA) is 58.2 Å². The van der Waals surface area contributed by atoms with E-state index in [0.29, 0.717) is 12.6 Å². The van der Waals surface area contributed by atoms with E-state index in [0.717, 1.165) is 25.1 Å². The summed E-state index contributed by atoms with van der Waals surface area (Å²) < 4.78 is 64.3. The molecule has 0 bridgehead atoms. The molecule has 1 rings (SSSR count). The van der Waals surface area contributed by atoms with E-state index in [2.05, 4.69) is 26.0 Å². The summed E-state index contributed by atoms with van der Waals surface area (Å²) in [5, 5.41) is 2.99. The summed E-state index contributed by atoms with van der Waals surface area (Å²) in [6.07, 6.45) is -3.68. The Bertz CT molecular complexity index is 582. The van der Waals surface area contributed by atoms with Gasteiger partial charge in [0.15, 0.2) is 0 Å². The van der Waals surface area contributed by atoms with Crippen LogP contribution in [0.25, 0.3) is 0 Å². The van der Waals surface area contributed by atoms with Gasteiger partial charge in [-0.3, -0.25) is 0 Å². The zero-order valence-corrected chi connectivity index (χ0v) is 14.9. The summed E-state index contributed by atoms with van der Waals surface area (Å²) in [6.45, 7) is 3.22. The van der Waals surface area contributed by atoms with E-state index in [-0.39, 0.29) is 23.4 Å². The highest BCUT2D eigenvalue weighted by Gasteiger charge is 2.32. The smallest absolute Gasteiger partial charge is 0.315 e. The van der Waals surface area contributed by atoms with Crippen LogP contribution in [0, 0.1) is 0 Å². The maximum atomic E-state index is 12.6. The summed E-state index contributed by atoms with van der Waals surface area (Å²) >= 11 is 2.96. The molecule has 0 aliphatic rings. The standard InChI is InChI=1S/C12H16BrF3N2O2S.ClH/c1-2-5-17-6-7-18-21(19,20)11-8-9(12(14,15)16)3-4-10(11)13;/h3-4,8,17-18H,2,5-7H2,1H3;1H. The van der Waals surface area contributed by atoms with Gasteiger partial charge in [0.25, 0.3) is 0 Å². The fourth-order valence-electron chi connectivity index (χ4n) is 1.54. The first-order valence-corrected chi connectivity index (χ1v) is 8.53. The lowest BCUT2D eigenvalue weighted by Crippen LogP contribution is -2.32. The van der Waals surface area contributed by atoms with Crippen LogP contribution < -0.4 is 10.0 Å². The Hall–Kier alpha value is -0.350. The molecule has 2 N–H and O–H groups in total. The maximum Gasteiger partial charge on any atom is 0.416 e. The highest BCUT2D eigenvalue weighted by atomic mass is 79.9. The normalized spacial score (nSPS) is 12.0. The van der Waals surface area contributed by atoms with E-state index in [1.165, 1.54) is 0 Å². The molecule has 0 aliphatic heterocycles. The van der Waals surface area contributed by atoms with Crippen molar-refractivity contribution in [2.24, 2.45) is 0 Å². The van der Waals surface area contributed by atoms with E-state index in [1.54, 1.807) is 0 Å². The number of alkyl halides is 3. The molecule has 10 heteroatoms. The summed E-state index contributed by atoms with van der Waals surface area (Å²) in [5.41, 5.74) is -1.00. The van der Waals surface area contributed by atoms with Crippen LogP contribution in [-0.2, 0) is 16.2 Å². The van der Waals surface area contributed by atoms with E-state index in [4.69, 9.17) is 0 Å². The lowest BCUT2D eigenvalue weighted by molar-refractivity contribution is -0.137. The second-order valence-corrected chi connectivity index (χ2v) is 6.88. The Morgan fingerprint density at radius 1 is 1.18 bits per heavy atom. The van der Waals surface area contributed by atoms with Crippen molar-refractivity contribution in [1.82, 2.24) is 10.0 Å². The zero-order valence-electron chi connectivity index (χ0n) is 11.7. The molecule has 0 radical (unpaired) electrons. The van der Waals surface area contributed by atoms with Crippen LogP contribution in [0.3, 0.4) is 0 Å². The first-order chi connectivity index (χ1) is 9.68. The van der Waals surface area contributed by atoms with Crippen molar-refractivity contribution >= 4 is 38.4 Å². The number of halogens is 5. The Morgan fingerprint density at radius 2 is 1.82 bits per heavy atom. The van der Waals surface area contributed by atoms with Crippen molar-refractivity contribution in [2.45, 2.75) is 24.4 Å². The van der Waals surface area contributed by atoms with Crippen molar-refractivity contribution in [1.29, 1.82) is 0 Å². The fourth-order valence-corrected chi connectivity index (χ4v) is 3.56. The number of rotatable bonds is 7. The quantitative estimate of drug-likeness (QED) is 0.660. The van der Waals surface area contributed by atoms with Crippen LogP contribution in [0.1, 0.15) is 18.9 Å². The van der Waals surface area contributed by atoms with Crippen molar-refractivity contribution in [3.63, 3.8) is 0 Å². The molecule has 0 fully saturated rings. The van der Waals surface area contributed by atoms with Crippen LogP contribution in [-0.4, -0.2) is 28.1 Å². The Balaban J connectivity index is 0.00000441. The monoisotopic (exact) mass is 424 g/mol. The van der Waals surface area contributed by atoms with Gasteiger partial charge in [-0.25, -0.2) is 13.1 Å². The molecule has 0 amide bonds. The Labute approximate surface area is 142 Å². The predicted octanol–water partition coefficient (Wildman–Crippen LogP) is 3.17. The van der Waals surface area contributed by atoms with Gasteiger partial charge in [-0.05, 0) is 47.1 Å². The SMILES string of the molecule is CCCNCCNS(=O)(=O)c1cc(C(F)(F)F)ccc1Br.Cl. The van der Waals surface area contributed by atoms with Gasteiger partial charge in [0.05, 0.1) is 10.5 Å². The van der Waals surface area contributed by atoms with Gasteiger partial charge in [-0.1, -0.05) is 6.92 Å². The van der Waals surface area contributed by atoms with Gasteiger partial charge in [0, 0.05) is 17.6 Å². The van der Waals surface area contributed by atoms with E-state index >= 15 is 0 Å². The molecule has 128 valence electrons. The molecule has 1 aromatic rings. The van der Waals surface area contributed by atoms with Gasteiger partial charge >= 0.3 is 6.18 Å². The second kappa shape index (κ2) is 9.07. The maximum absolute atomic E-state index is 12.6. The van der Waals surface area contributed by atoms with Gasteiger partial charge in [0.1, 0.15) is 0 Å². The van der Waals surface area contributed by atoms with Crippen LogP contribution in [0.4, 0.5) is 13.2 Å². The summed E-state index contributed by atoms with van der Waals surface area (Å²) in [6, 6.07) is 2.52. The van der Waals surface area contributed by atoms with Crippen molar-refractivity contribution in [3.05, 3.63) is 28.2 Å². The molecular formula is C12H17BrClF3N2O2S. The van der Waals surface area contributed by atoms with E-state index in [9.17, 15) is 21.6 Å². The second-order valence-electron chi connectivity index (χ2n) is 4.29. The first-order valence-electron chi connectivity index (χ1n) is 6.25. The minimum atomic E-state index is -4.59. The van der Waals surface area contributed by atoms with Crippen molar-refractivity contribution in [2.75, 3.05) is 19.6 Å². The third-order valence-electron chi connectivity index (χ3n) is 2.57. The van der Waals surface area contributed by atoms with Crippen molar-refractivity contribution in [3.8, 4) is 0 Å². The van der Waals surface area contributed by atoms with E-state index in [1.807, 2.05) is 6.92 Å². The van der Waals surface area contributed by atoms with Crippen LogP contribution in [0.2, 0.25) is 0 Å². The highest BCUT2D eigenvalue weighted by Crippen LogP contribution is 2.33. The first kappa shape index (κ1) is 21.6. The van der Waals surface area contributed by atoms with Crippen LogP contribution in [0.15, 0.2) is 27.6 Å². The van der Waals surface area contributed by atoms with Gasteiger partial charge in [0.2, 0.25) is 10.0 Å². The minimum Gasteiger partial charge on any atom is -0.315 e. The zero-order chi connectivity index (χ0) is 16.1. The number of hydrogen-bond donors (Lipinski definition) is 2. The van der Waals surface area contributed by atoms with Gasteiger partial charge in [-0.2, -0.15) is 13.2 Å². The Morgan fingerprint density at radius 3 is 2.36 bits per heavy atom. The van der Waals surface area contributed by atoms with Crippen LogP contribution in [0.5, 0.6) is 0 Å². The Kier molecular flexibility index (Phi) is 8.93. The third-order valence-corrected chi connectivity index (χ3v) is 5.02. The third kappa shape index (κ3) is 6.41. The average Bonchev–Trinajstić information content (AvgIpc) is 2.37. The molecular weight excluding hydrogens is 409 g/mol. The van der Waals surface area contributed by atoms with Crippen LogP contribution >= 0.6 is 28.3 Å². The summed E-state index contributed by atoms with van der Waals surface area (Å²) in [4.78, 5) is -0.423. The molecule has 0 atom stereocenters. The lowest BCUT2D eigenvalue weighted by atomic mass is 10.2. The van der Waals surface area contributed by atoms with Gasteiger partial charge in [-0.15, -0.1) is 12.4 Å².